The normalized spacial score (nSPS) is 19.6. The smallest absolute Gasteiger partial charge is 0.331 e. The number of carbonyl (C=O) groups is 2. The van der Waals surface area contributed by atoms with E-state index in [0.717, 1.165) is 62.1 Å². The van der Waals surface area contributed by atoms with Crippen molar-refractivity contribution in [3.05, 3.63) is 49.4 Å². The van der Waals surface area contributed by atoms with Crippen LogP contribution in [0, 0.1) is 20.2 Å². The van der Waals surface area contributed by atoms with Crippen molar-refractivity contribution in [2.75, 3.05) is 12.5 Å². The maximum absolute atomic E-state index is 12.9. The van der Waals surface area contributed by atoms with Gasteiger partial charge in [0.2, 0.25) is 0 Å². The molecular formula is C18H19N5O7S. The van der Waals surface area contributed by atoms with Crippen LogP contribution in [-0.2, 0) is 14.3 Å². The zero-order valence-electron chi connectivity index (χ0n) is 16.5. The van der Waals surface area contributed by atoms with Gasteiger partial charge in [0.05, 0.1) is 27.9 Å². The largest absolute Gasteiger partial charge is 0.466 e. The van der Waals surface area contributed by atoms with Gasteiger partial charge in [0.1, 0.15) is 5.69 Å². The number of carbonyl (C=O) groups excluding carboxylic acids is 2. The predicted molar refractivity (Wildman–Crippen MR) is 112 cm³/mol. The standard InChI is InChI=1S/C18H19N5O7S/c1-30-16(24)10-15-17(25)21(11-5-3-2-4-6-11)18(31-15)20-19-13-8-7-12(22(26)27)9-14(13)23(28)29/h7-11,19H,2-6H2,1H3/b15-10-,20-18-. The second-order valence-corrected chi connectivity index (χ2v) is 7.83. The number of hydrogen-bond acceptors (Lipinski definition) is 10. The SMILES string of the molecule is COC(=O)/C=C1\S/C(=N\Nc2ccc([N+](=O)[O-])cc2[N+](=O)[O-])N(C2CCCCC2)C1=O. The number of rotatable bonds is 6. The number of benzene rings is 1. The molecule has 0 radical (unpaired) electrons. The van der Waals surface area contributed by atoms with E-state index in [2.05, 4.69) is 15.3 Å². The molecule has 0 spiro atoms. The molecular weight excluding hydrogens is 430 g/mol. The van der Waals surface area contributed by atoms with Crippen molar-refractivity contribution in [1.29, 1.82) is 0 Å². The van der Waals surface area contributed by atoms with Crippen molar-refractivity contribution in [2.45, 2.75) is 38.1 Å². The van der Waals surface area contributed by atoms with E-state index in [0.29, 0.717) is 0 Å². The average molecular weight is 449 g/mol. The summed E-state index contributed by atoms with van der Waals surface area (Å²) in [6, 6.07) is 3.02. The zero-order chi connectivity index (χ0) is 22.5. The lowest BCUT2D eigenvalue weighted by Crippen LogP contribution is -2.40. The van der Waals surface area contributed by atoms with E-state index in [1.807, 2.05) is 0 Å². The number of nitrogens with zero attached hydrogens (tertiary/aromatic N) is 4. The third-order valence-electron chi connectivity index (χ3n) is 4.89. The topological polar surface area (TPSA) is 157 Å². The first-order valence-electron chi connectivity index (χ1n) is 9.39. The Balaban J connectivity index is 1.93. The summed E-state index contributed by atoms with van der Waals surface area (Å²) in [6.45, 7) is 0. The fourth-order valence-corrected chi connectivity index (χ4v) is 4.34. The number of amides is 1. The molecule has 1 aliphatic carbocycles. The minimum Gasteiger partial charge on any atom is -0.466 e. The summed E-state index contributed by atoms with van der Waals surface area (Å²) in [5, 5.41) is 26.6. The Bertz CT molecular complexity index is 988. The molecule has 0 bridgehead atoms. The maximum atomic E-state index is 12.9. The molecule has 1 heterocycles. The van der Waals surface area contributed by atoms with Gasteiger partial charge >= 0.3 is 11.7 Å². The van der Waals surface area contributed by atoms with Crippen LogP contribution in [0.2, 0.25) is 0 Å². The van der Waals surface area contributed by atoms with Crippen LogP contribution < -0.4 is 5.43 Å². The van der Waals surface area contributed by atoms with E-state index in [1.165, 1.54) is 18.1 Å². The number of methoxy groups -OCH3 is 1. The number of nitrogens with one attached hydrogen (secondary N) is 1. The summed E-state index contributed by atoms with van der Waals surface area (Å²) in [5.74, 6) is -1.07. The minimum atomic E-state index is -0.760. The molecule has 164 valence electrons. The fourth-order valence-electron chi connectivity index (χ4n) is 3.38. The van der Waals surface area contributed by atoms with Crippen molar-refractivity contribution in [3.8, 4) is 0 Å². The van der Waals surface area contributed by atoms with Crippen molar-refractivity contribution in [2.24, 2.45) is 5.10 Å². The molecule has 31 heavy (non-hydrogen) atoms. The number of esters is 1. The van der Waals surface area contributed by atoms with Gasteiger partial charge in [-0.25, -0.2) is 4.79 Å². The summed E-state index contributed by atoms with van der Waals surface area (Å²) in [5.41, 5.74) is 1.53. The zero-order valence-corrected chi connectivity index (χ0v) is 17.3. The number of amidine groups is 1. The second kappa shape index (κ2) is 9.55. The van der Waals surface area contributed by atoms with Gasteiger partial charge in [-0.2, -0.15) is 0 Å². The molecule has 0 aromatic heterocycles. The highest BCUT2D eigenvalue weighted by Gasteiger charge is 2.39. The Morgan fingerprint density at radius 1 is 1.26 bits per heavy atom. The summed E-state index contributed by atoms with van der Waals surface area (Å²) >= 11 is 0.952. The van der Waals surface area contributed by atoms with Crippen molar-refractivity contribution in [1.82, 2.24) is 4.90 Å². The van der Waals surface area contributed by atoms with E-state index in [1.54, 1.807) is 0 Å². The molecule has 2 fully saturated rings. The first-order valence-corrected chi connectivity index (χ1v) is 10.2. The Hall–Kier alpha value is -3.48. The fraction of sp³-hybridized carbons (Fsp3) is 0.389. The van der Waals surface area contributed by atoms with Gasteiger partial charge in [-0.05, 0) is 30.7 Å². The first kappa shape index (κ1) is 22.2. The number of anilines is 1. The summed E-state index contributed by atoms with van der Waals surface area (Å²) in [4.78, 5) is 46.9. The van der Waals surface area contributed by atoms with Gasteiger partial charge < -0.3 is 4.74 Å². The van der Waals surface area contributed by atoms with Gasteiger partial charge in [-0.15, -0.1) is 5.10 Å². The average Bonchev–Trinajstić information content (AvgIpc) is 3.07. The lowest BCUT2D eigenvalue weighted by atomic mass is 9.94. The van der Waals surface area contributed by atoms with Crippen molar-refractivity contribution < 1.29 is 24.2 Å². The van der Waals surface area contributed by atoms with Crippen LogP contribution in [0.1, 0.15) is 32.1 Å². The number of nitro benzene ring substituents is 2. The molecule has 2 aliphatic rings. The number of nitro groups is 2. The molecule has 3 rings (SSSR count). The van der Waals surface area contributed by atoms with Crippen LogP contribution in [-0.4, -0.2) is 44.9 Å². The Morgan fingerprint density at radius 3 is 2.58 bits per heavy atom. The molecule has 1 aromatic rings. The highest BCUT2D eigenvalue weighted by Crippen LogP contribution is 2.37. The predicted octanol–water partition coefficient (Wildman–Crippen LogP) is 3.15. The third kappa shape index (κ3) is 4.99. The molecule has 1 saturated heterocycles. The highest BCUT2D eigenvalue weighted by atomic mass is 32.2. The first-order chi connectivity index (χ1) is 14.8. The van der Waals surface area contributed by atoms with Crippen LogP contribution in [0.25, 0.3) is 0 Å². The minimum absolute atomic E-state index is 0.0647. The van der Waals surface area contributed by atoms with Gasteiger partial charge in [0.15, 0.2) is 5.17 Å². The maximum Gasteiger partial charge on any atom is 0.331 e. The van der Waals surface area contributed by atoms with Crippen LogP contribution >= 0.6 is 11.8 Å². The van der Waals surface area contributed by atoms with Gasteiger partial charge in [-0.3, -0.25) is 35.3 Å². The van der Waals surface area contributed by atoms with E-state index >= 15 is 0 Å². The molecule has 1 aliphatic heterocycles. The third-order valence-corrected chi connectivity index (χ3v) is 5.87. The van der Waals surface area contributed by atoms with Crippen LogP contribution in [0.3, 0.4) is 0 Å². The second-order valence-electron chi connectivity index (χ2n) is 6.82. The molecule has 13 heteroatoms. The number of hydrazone groups is 1. The van der Waals surface area contributed by atoms with Crippen molar-refractivity contribution >= 4 is 45.9 Å². The Kier molecular flexibility index (Phi) is 6.84. The molecule has 1 aromatic carbocycles. The van der Waals surface area contributed by atoms with Gasteiger partial charge in [0.25, 0.3) is 11.6 Å². The summed E-state index contributed by atoms with van der Waals surface area (Å²) < 4.78 is 4.59. The molecule has 0 unspecified atom stereocenters. The Morgan fingerprint density at radius 2 is 1.97 bits per heavy atom. The van der Waals surface area contributed by atoms with E-state index < -0.39 is 27.2 Å². The number of ether oxygens (including phenoxy) is 1. The van der Waals surface area contributed by atoms with E-state index in [4.69, 9.17) is 0 Å². The summed E-state index contributed by atoms with van der Waals surface area (Å²) in [7, 11) is 1.20. The highest BCUT2D eigenvalue weighted by molar-refractivity contribution is 8.18. The van der Waals surface area contributed by atoms with Gasteiger partial charge in [-0.1, -0.05) is 19.3 Å². The molecule has 1 saturated carbocycles. The number of non-ortho nitro benzene ring substituents is 1. The molecule has 1 amide bonds. The molecule has 12 nitrogen and oxygen atoms in total. The van der Waals surface area contributed by atoms with Crippen molar-refractivity contribution in [3.63, 3.8) is 0 Å². The van der Waals surface area contributed by atoms with E-state index in [9.17, 15) is 29.8 Å². The van der Waals surface area contributed by atoms with Gasteiger partial charge in [0, 0.05) is 18.2 Å². The Labute approximate surface area is 180 Å². The molecule has 0 atom stereocenters. The summed E-state index contributed by atoms with van der Waals surface area (Å²) in [6.07, 6.45) is 5.59. The number of hydrogen-bond donors (Lipinski definition) is 1. The van der Waals surface area contributed by atoms with Crippen LogP contribution in [0.5, 0.6) is 0 Å². The lowest BCUT2D eigenvalue weighted by Gasteiger charge is -2.30. The molecule has 1 N–H and O–H groups in total. The quantitative estimate of drug-likeness (QED) is 0.298. The van der Waals surface area contributed by atoms with Crippen LogP contribution in [0.4, 0.5) is 17.1 Å². The van der Waals surface area contributed by atoms with E-state index in [-0.39, 0.29) is 27.7 Å². The van der Waals surface area contributed by atoms with Crippen LogP contribution in [0.15, 0.2) is 34.3 Å². The monoisotopic (exact) mass is 449 g/mol. The lowest BCUT2D eigenvalue weighted by molar-refractivity contribution is -0.393. The number of thioether (sulfide) groups is 1.